The smallest absolute Gasteiger partial charge is 0.161 e. The van der Waals surface area contributed by atoms with E-state index in [1.807, 2.05) is 44.2 Å². The third-order valence-electron chi connectivity index (χ3n) is 3.43. The highest BCUT2D eigenvalue weighted by atomic mass is 79.9. The molecule has 0 aliphatic rings. The Bertz CT molecular complexity index is 863. The molecule has 0 unspecified atom stereocenters. The minimum absolute atomic E-state index is 0.457. The normalized spacial score (nSPS) is 11.1. The van der Waals surface area contributed by atoms with Crippen molar-refractivity contribution >= 4 is 50.0 Å². The average Bonchev–Trinajstić information content (AvgIpc) is 2.46. The van der Waals surface area contributed by atoms with Crippen molar-refractivity contribution < 1.29 is 0 Å². The van der Waals surface area contributed by atoms with Crippen molar-refractivity contribution in [2.45, 2.75) is 13.8 Å². The number of rotatable bonds is 1. The Morgan fingerprint density at radius 2 is 1.76 bits per heavy atom. The predicted molar refractivity (Wildman–Crippen MR) is 92.2 cm³/mol. The highest BCUT2D eigenvalue weighted by molar-refractivity contribution is 9.10. The lowest BCUT2D eigenvalue weighted by atomic mass is 10.1. The van der Waals surface area contributed by atoms with Gasteiger partial charge in [-0.3, -0.25) is 0 Å². The van der Waals surface area contributed by atoms with Gasteiger partial charge < -0.3 is 0 Å². The molecule has 21 heavy (non-hydrogen) atoms. The SMILES string of the molecule is Cc1cc(-c2nc(Cl)c3ccc(Br)c(C)c3n2)ccc1Cl. The van der Waals surface area contributed by atoms with Crippen molar-refractivity contribution in [3.8, 4) is 11.4 Å². The molecule has 0 aliphatic heterocycles. The second-order valence-electron chi connectivity index (χ2n) is 4.87. The summed E-state index contributed by atoms with van der Waals surface area (Å²) in [5, 5.41) is 2.04. The first-order valence-electron chi connectivity index (χ1n) is 6.36. The lowest BCUT2D eigenvalue weighted by Gasteiger charge is -2.09. The Balaban J connectivity index is 2.28. The van der Waals surface area contributed by atoms with Crippen molar-refractivity contribution in [3.05, 3.63) is 56.1 Å². The number of fused-ring (bicyclic) bond motifs is 1. The topological polar surface area (TPSA) is 25.8 Å². The van der Waals surface area contributed by atoms with Crippen LogP contribution in [-0.4, -0.2) is 9.97 Å². The first-order valence-corrected chi connectivity index (χ1v) is 7.91. The van der Waals surface area contributed by atoms with Gasteiger partial charge in [-0.2, -0.15) is 0 Å². The molecule has 0 radical (unpaired) electrons. The monoisotopic (exact) mass is 380 g/mol. The Morgan fingerprint density at radius 1 is 1.00 bits per heavy atom. The van der Waals surface area contributed by atoms with Crippen molar-refractivity contribution in [2.75, 3.05) is 0 Å². The number of aromatic nitrogens is 2. The molecule has 0 bridgehead atoms. The van der Waals surface area contributed by atoms with Crippen LogP contribution in [0.3, 0.4) is 0 Å². The molecule has 3 aromatic rings. The number of aryl methyl sites for hydroxylation is 2. The summed E-state index contributed by atoms with van der Waals surface area (Å²) in [6.07, 6.45) is 0. The lowest BCUT2D eigenvalue weighted by Crippen LogP contribution is -1.94. The summed E-state index contributed by atoms with van der Waals surface area (Å²) in [6, 6.07) is 9.60. The van der Waals surface area contributed by atoms with Crippen molar-refractivity contribution in [1.82, 2.24) is 9.97 Å². The van der Waals surface area contributed by atoms with Crippen molar-refractivity contribution in [1.29, 1.82) is 0 Å². The van der Waals surface area contributed by atoms with Gasteiger partial charge in [0.05, 0.1) is 5.52 Å². The summed E-state index contributed by atoms with van der Waals surface area (Å²) < 4.78 is 1.00. The summed E-state index contributed by atoms with van der Waals surface area (Å²) in [5.41, 5.74) is 3.79. The second-order valence-corrected chi connectivity index (χ2v) is 6.49. The molecular formula is C16H11BrCl2N2. The van der Waals surface area contributed by atoms with E-state index in [4.69, 9.17) is 23.2 Å². The number of nitrogens with zero attached hydrogens (tertiary/aromatic N) is 2. The van der Waals surface area contributed by atoms with Crippen LogP contribution in [0.4, 0.5) is 0 Å². The van der Waals surface area contributed by atoms with E-state index in [-0.39, 0.29) is 0 Å². The number of benzene rings is 2. The van der Waals surface area contributed by atoms with Crippen LogP contribution in [0.5, 0.6) is 0 Å². The Morgan fingerprint density at radius 3 is 2.48 bits per heavy atom. The maximum Gasteiger partial charge on any atom is 0.161 e. The van der Waals surface area contributed by atoms with Crippen LogP contribution in [-0.2, 0) is 0 Å². The van der Waals surface area contributed by atoms with Crippen LogP contribution < -0.4 is 0 Å². The molecule has 0 atom stereocenters. The zero-order chi connectivity index (χ0) is 15.1. The van der Waals surface area contributed by atoms with Crippen molar-refractivity contribution in [3.63, 3.8) is 0 Å². The van der Waals surface area contributed by atoms with E-state index in [9.17, 15) is 0 Å². The number of halogens is 3. The molecule has 2 aromatic carbocycles. The highest BCUT2D eigenvalue weighted by Gasteiger charge is 2.12. The molecule has 1 heterocycles. The van der Waals surface area contributed by atoms with Crippen LogP contribution in [0, 0.1) is 13.8 Å². The van der Waals surface area contributed by atoms with E-state index in [0.29, 0.717) is 11.0 Å². The van der Waals surface area contributed by atoms with E-state index in [1.54, 1.807) is 0 Å². The standard InChI is InChI=1S/C16H11BrCl2N2/c1-8-7-10(3-6-13(8)18)16-20-14-9(2)12(17)5-4-11(14)15(19)21-16/h3-7H,1-2H3. The van der Waals surface area contributed by atoms with Gasteiger partial charge in [-0.1, -0.05) is 39.1 Å². The van der Waals surface area contributed by atoms with E-state index in [1.165, 1.54) is 0 Å². The van der Waals surface area contributed by atoms with Gasteiger partial charge in [-0.25, -0.2) is 9.97 Å². The zero-order valence-corrected chi connectivity index (χ0v) is 14.5. The van der Waals surface area contributed by atoms with Gasteiger partial charge in [-0.05, 0) is 55.3 Å². The van der Waals surface area contributed by atoms with Gasteiger partial charge in [0.25, 0.3) is 0 Å². The van der Waals surface area contributed by atoms with Crippen LogP contribution in [0.1, 0.15) is 11.1 Å². The maximum absolute atomic E-state index is 6.31. The third-order valence-corrected chi connectivity index (χ3v) is 5.00. The van der Waals surface area contributed by atoms with Crippen LogP contribution >= 0.6 is 39.1 Å². The zero-order valence-electron chi connectivity index (χ0n) is 11.4. The molecule has 0 fully saturated rings. The second kappa shape index (κ2) is 5.56. The van der Waals surface area contributed by atoms with Gasteiger partial charge in [0.1, 0.15) is 5.15 Å². The van der Waals surface area contributed by atoms with E-state index >= 15 is 0 Å². The molecular weight excluding hydrogens is 371 g/mol. The molecule has 106 valence electrons. The Hall–Kier alpha value is -1.16. The average molecular weight is 382 g/mol. The third kappa shape index (κ3) is 2.66. The molecule has 0 saturated heterocycles. The molecule has 0 aliphatic carbocycles. The molecule has 1 aromatic heterocycles. The first-order chi connectivity index (χ1) is 9.97. The lowest BCUT2D eigenvalue weighted by molar-refractivity contribution is 1.21. The summed E-state index contributed by atoms with van der Waals surface area (Å²) in [7, 11) is 0. The van der Waals surface area contributed by atoms with E-state index < -0.39 is 0 Å². The fraction of sp³-hybridized carbons (Fsp3) is 0.125. The molecule has 0 amide bonds. The quantitative estimate of drug-likeness (QED) is 0.484. The van der Waals surface area contributed by atoms with Gasteiger partial charge in [-0.15, -0.1) is 0 Å². The van der Waals surface area contributed by atoms with Gasteiger partial charge in [0, 0.05) is 20.4 Å². The van der Waals surface area contributed by atoms with Crippen molar-refractivity contribution in [2.24, 2.45) is 0 Å². The molecule has 0 N–H and O–H groups in total. The number of hydrogen-bond donors (Lipinski definition) is 0. The largest absolute Gasteiger partial charge is 0.228 e. The number of hydrogen-bond acceptors (Lipinski definition) is 2. The van der Waals surface area contributed by atoms with Gasteiger partial charge in [0.15, 0.2) is 5.82 Å². The van der Waals surface area contributed by atoms with E-state index in [0.717, 1.165) is 37.1 Å². The highest BCUT2D eigenvalue weighted by Crippen LogP contribution is 2.31. The summed E-state index contributed by atoms with van der Waals surface area (Å²) in [4.78, 5) is 9.08. The molecule has 5 heteroatoms. The van der Waals surface area contributed by atoms with Crippen LogP contribution in [0.15, 0.2) is 34.8 Å². The molecule has 2 nitrogen and oxygen atoms in total. The van der Waals surface area contributed by atoms with Crippen LogP contribution in [0.2, 0.25) is 10.2 Å². The fourth-order valence-corrected chi connectivity index (χ4v) is 2.85. The van der Waals surface area contributed by atoms with Gasteiger partial charge >= 0.3 is 0 Å². The van der Waals surface area contributed by atoms with E-state index in [2.05, 4.69) is 25.9 Å². The Labute approximate surface area is 141 Å². The summed E-state index contributed by atoms with van der Waals surface area (Å²) in [6.45, 7) is 3.96. The summed E-state index contributed by atoms with van der Waals surface area (Å²) >= 11 is 15.9. The molecule has 0 saturated carbocycles. The van der Waals surface area contributed by atoms with Crippen LogP contribution in [0.25, 0.3) is 22.3 Å². The minimum Gasteiger partial charge on any atom is -0.228 e. The fourth-order valence-electron chi connectivity index (χ4n) is 2.18. The Kier molecular flexibility index (Phi) is 3.91. The molecule has 0 spiro atoms. The first kappa shape index (κ1) is 14.8. The minimum atomic E-state index is 0.457. The predicted octanol–water partition coefficient (Wildman–Crippen LogP) is 5.98. The maximum atomic E-state index is 6.31. The summed E-state index contributed by atoms with van der Waals surface area (Å²) in [5.74, 6) is 0.605. The van der Waals surface area contributed by atoms with Gasteiger partial charge in [0.2, 0.25) is 0 Å². The molecule has 3 rings (SSSR count).